The maximum Gasteiger partial charge on any atom is 0.238 e. The van der Waals surface area contributed by atoms with Gasteiger partial charge in [-0.3, -0.25) is 13.7 Å². The molecule has 0 saturated carbocycles. The second-order valence-corrected chi connectivity index (χ2v) is 40.1. The Labute approximate surface area is 869 Å². The average Bonchev–Trinajstić information content (AvgIpc) is 1.53. The van der Waals surface area contributed by atoms with Gasteiger partial charge in [0.1, 0.15) is 5.75 Å². The van der Waals surface area contributed by atoms with Crippen molar-refractivity contribution in [3.8, 4) is 148 Å². The summed E-state index contributed by atoms with van der Waals surface area (Å²) in [5, 5.41) is 14.3. The van der Waals surface area contributed by atoms with Gasteiger partial charge in [0.25, 0.3) is 0 Å². The van der Waals surface area contributed by atoms with E-state index in [1.54, 1.807) is 18.4 Å². The molecule has 702 valence electrons. The van der Waals surface area contributed by atoms with Gasteiger partial charge in [-0.1, -0.05) is 400 Å². The Bertz CT molecular complexity index is 10100. The van der Waals surface area contributed by atoms with Crippen LogP contribution in [0, 0.1) is 0 Å². The molecule has 16 heteroatoms. The van der Waals surface area contributed by atoms with Crippen molar-refractivity contribution in [2.24, 2.45) is 0 Å². The van der Waals surface area contributed by atoms with E-state index in [9.17, 15) is 0 Å². The molecule has 0 amide bonds. The molecule has 0 bridgehead atoms. The van der Waals surface area contributed by atoms with Gasteiger partial charge in [-0.15, -0.1) is 34.0 Å². The topological polar surface area (TPSA) is 140 Å². The number of hydrogen-bond acceptors (Lipinski definition) is 13. The van der Waals surface area contributed by atoms with Crippen LogP contribution in [-0.4, -0.2) is 65.7 Å². The highest BCUT2D eigenvalue weighted by atomic mass is 32.1. The summed E-state index contributed by atoms with van der Waals surface area (Å²) in [7, 11) is 1.71. The minimum atomic E-state index is 0.577. The fourth-order valence-corrected chi connectivity index (χ4v) is 24.6. The maximum atomic E-state index is 5.68. The number of allylic oxidation sites excluding steroid dienone is 1. The summed E-state index contributed by atoms with van der Waals surface area (Å²) in [5.41, 5.74) is 25.1. The predicted octanol–water partition coefficient (Wildman–Crippen LogP) is 35.4. The Hall–Kier alpha value is -19.0. The van der Waals surface area contributed by atoms with Crippen LogP contribution >= 0.6 is 34.0 Å². The highest BCUT2D eigenvalue weighted by molar-refractivity contribution is 7.27. The number of fused-ring (bicyclic) bond motifs is 21. The Balaban J connectivity index is 0.000000111. The highest BCUT2D eigenvalue weighted by Crippen LogP contribution is 2.52. The van der Waals surface area contributed by atoms with E-state index in [2.05, 4.69) is 366 Å². The molecule has 20 aromatic carbocycles. The Kier molecular flexibility index (Phi) is 22.7. The van der Waals surface area contributed by atoms with Gasteiger partial charge in [0, 0.05) is 112 Å². The molecule has 0 fully saturated rings. The number of benzene rings is 20. The smallest absolute Gasteiger partial charge is 0.238 e. The third-order valence-electron chi connectivity index (χ3n) is 28.0. The van der Waals surface area contributed by atoms with Gasteiger partial charge < -0.3 is 4.74 Å². The second kappa shape index (κ2) is 38.0. The monoisotopic (exact) mass is 1960 g/mol. The molecule has 29 rings (SSSR count). The molecule has 0 atom stereocenters. The van der Waals surface area contributed by atoms with Crippen LogP contribution in [0.2, 0.25) is 0 Å². The predicted molar refractivity (Wildman–Crippen MR) is 622 cm³/mol. The first-order valence-corrected chi connectivity index (χ1v) is 52.1. The van der Waals surface area contributed by atoms with Crippen molar-refractivity contribution in [1.29, 1.82) is 0 Å². The van der Waals surface area contributed by atoms with E-state index >= 15 is 0 Å². The molecule has 0 saturated heterocycles. The van der Waals surface area contributed by atoms with Crippen LogP contribution in [0.4, 0.5) is 0 Å². The lowest BCUT2D eigenvalue weighted by Crippen LogP contribution is -2.06. The zero-order valence-electron chi connectivity index (χ0n) is 80.7. The molecule has 0 aliphatic carbocycles. The summed E-state index contributed by atoms with van der Waals surface area (Å²) in [4.78, 5) is 46.3. The van der Waals surface area contributed by atoms with Crippen molar-refractivity contribution in [3.05, 3.63) is 485 Å². The van der Waals surface area contributed by atoms with E-state index in [-0.39, 0.29) is 0 Å². The zero-order chi connectivity index (χ0) is 98.9. The summed E-state index contributed by atoms with van der Waals surface area (Å²) >= 11 is 5.47. The zero-order valence-corrected chi connectivity index (χ0v) is 83.1. The molecular weight excluding hydrogens is 1880 g/mol. The molecule has 0 aliphatic heterocycles. The number of aromatic nitrogens is 12. The molecule has 13 nitrogen and oxygen atoms in total. The summed E-state index contributed by atoms with van der Waals surface area (Å²) in [5.74, 6) is 6.37. The normalized spacial score (nSPS) is 11.7. The van der Waals surface area contributed by atoms with Gasteiger partial charge in [0.15, 0.2) is 34.9 Å². The third-order valence-corrected chi connectivity index (χ3v) is 31.5. The average molecular weight is 1960 g/mol. The fourth-order valence-electron chi connectivity index (χ4n) is 20.9. The van der Waals surface area contributed by atoms with Crippen LogP contribution in [-0.2, 0) is 0 Å². The summed E-state index contributed by atoms with van der Waals surface area (Å²) in [6.07, 6.45) is 4.23. The van der Waals surface area contributed by atoms with Crippen LogP contribution in [0.25, 0.3) is 274 Å². The number of ether oxygens (including phenoxy) is 1. The molecule has 0 radical (unpaired) electrons. The lowest BCUT2D eigenvalue weighted by molar-refractivity contribution is 0.415. The first kappa shape index (κ1) is 88.9. The first-order valence-electron chi connectivity index (χ1n) is 49.7. The quantitative estimate of drug-likeness (QED) is 0.0918. The molecule has 9 aromatic heterocycles. The highest BCUT2D eigenvalue weighted by Gasteiger charge is 2.30. The van der Waals surface area contributed by atoms with Crippen molar-refractivity contribution in [2.75, 3.05) is 7.11 Å². The molecule has 0 unspecified atom stereocenters. The third kappa shape index (κ3) is 16.2. The van der Waals surface area contributed by atoms with E-state index in [0.29, 0.717) is 52.8 Å². The van der Waals surface area contributed by atoms with Gasteiger partial charge in [-0.2, -0.15) is 29.9 Å². The van der Waals surface area contributed by atoms with Crippen molar-refractivity contribution in [3.63, 3.8) is 0 Å². The number of methoxy groups -OCH3 is 1. The van der Waals surface area contributed by atoms with E-state index in [1.165, 1.54) is 121 Å². The van der Waals surface area contributed by atoms with Gasteiger partial charge in [0.05, 0.1) is 54.3 Å². The van der Waals surface area contributed by atoms with Crippen molar-refractivity contribution in [2.45, 2.75) is 6.92 Å². The second-order valence-electron chi connectivity index (χ2n) is 36.9. The Morgan fingerprint density at radius 2 is 0.483 bits per heavy atom. The van der Waals surface area contributed by atoms with Crippen molar-refractivity contribution in [1.82, 2.24) is 58.6 Å². The molecular formula is C133H86N12OS3. The van der Waals surface area contributed by atoms with Gasteiger partial charge >= 0.3 is 0 Å². The molecule has 149 heavy (non-hydrogen) atoms. The fraction of sp³-hybridized carbons (Fsp3) is 0.0150. The van der Waals surface area contributed by atoms with Crippen LogP contribution < -0.4 is 4.74 Å². The van der Waals surface area contributed by atoms with Crippen LogP contribution in [0.15, 0.2) is 479 Å². The van der Waals surface area contributed by atoms with Crippen molar-refractivity contribution < 1.29 is 4.74 Å². The lowest BCUT2D eigenvalue weighted by Gasteiger charge is -2.12. The van der Waals surface area contributed by atoms with E-state index in [4.69, 9.17) is 49.6 Å². The van der Waals surface area contributed by atoms with Crippen molar-refractivity contribution >= 4 is 166 Å². The van der Waals surface area contributed by atoms with Crippen LogP contribution in [0.5, 0.6) is 5.75 Å². The number of nitrogens with zero attached hydrogens (tertiary/aromatic N) is 12. The molecule has 0 N–H and O–H groups in total. The first-order chi connectivity index (χ1) is 73.8. The Morgan fingerprint density at radius 1 is 0.208 bits per heavy atom. The number of thiophene rings is 3. The molecule has 29 aromatic rings. The van der Waals surface area contributed by atoms with Crippen LogP contribution in [0.3, 0.4) is 0 Å². The van der Waals surface area contributed by atoms with Gasteiger partial charge in [-0.25, -0.2) is 15.0 Å². The lowest BCUT2D eigenvalue weighted by atomic mass is 9.95. The van der Waals surface area contributed by atoms with Crippen LogP contribution in [0.1, 0.15) is 12.5 Å². The number of hydrogen-bond donors (Lipinski definition) is 0. The van der Waals surface area contributed by atoms with E-state index < -0.39 is 0 Å². The maximum absolute atomic E-state index is 5.68. The molecule has 0 aliphatic rings. The summed E-state index contributed by atoms with van der Waals surface area (Å²) in [6, 6.07) is 166. The SMILES string of the molecule is C/C=C/c1ccc2c(c1)c1ccc3c4cc(-c5ccccc5)ccc4sc3c1n2-c1nc(-c2ccccc2)nc(-c2ccccc2)n1.COc1ccc2c(c1)c1ccc3c4cc(-c5ccccc5)ccc4sc3c1n2-c1nc(-c2ccccc2)nc(-c2ccccc2)n1.c1ccc(-c2ccc3sc4c(cc(-c5ccccc5)c5c6cc(-c7ccccc7)ccc6n(-c6nc(-c7ccccc7)nc(-c7ccccc7)n6)c45)c3c2)cc1. The van der Waals surface area contributed by atoms with E-state index in [0.717, 1.165) is 105 Å². The largest absolute Gasteiger partial charge is 0.497 e. The Morgan fingerprint density at radius 3 is 0.826 bits per heavy atom. The summed E-state index contributed by atoms with van der Waals surface area (Å²) in [6.45, 7) is 2.05. The molecule has 9 heterocycles. The standard InChI is InChI=1S/C51H32N4S.C42H28N4S.C40H26N4OS/c1-6-16-33(17-7-1)38-26-28-44-43(31-38)46-40(35-20-10-3-11-21-35)32-42-41-30-39(34-18-8-2-9-19-34)27-29-45(41)56-48(42)47(46)55(44)51-53-49(36-22-12-4-13-23-36)52-50(54-51)37-24-14-5-15-25-37;1-2-12-27-19-23-36-34(25-27)32-21-22-33-35-26-31(28-13-6-3-7-14-28)20-24-37(35)47-39(33)38(32)46(36)42-44-40(29-15-8-4-9-16-29)43-41(45-42)30-17-10-5-11-18-30;1-45-29-18-21-34-32(24-29)30-19-20-31-33-23-28(25-11-5-2-6-12-25)17-22-35(33)46-37(31)36(30)44(34)40-42-38(26-13-7-3-8-14-26)41-39(43-40)27-15-9-4-10-16-27/h1-32H;2-26H,1H3;2-24H,1H3/b;12-2+;. The van der Waals surface area contributed by atoms with Gasteiger partial charge in [0.2, 0.25) is 17.8 Å². The molecule has 0 spiro atoms. The summed E-state index contributed by atoms with van der Waals surface area (Å²) < 4.78 is 19.8. The van der Waals surface area contributed by atoms with Gasteiger partial charge in [-0.05, 0) is 153 Å². The minimum Gasteiger partial charge on any atom is -0.497 e. The van der Waals surface area contributed by atoms with E-state index in [1.807, 2.05) is 162 Å². The minimum absolute atomic E-state index is 0.577. The number of rotatable bonds is 16.